The van der Waals surface area contributed by atoms with E-state index in [2.05, 4.69) is 20.8 Å². The van der Waals surface area contributed by atoms with Crippen molar-refractivity contribution in [3.63, 3.8) is 0 Å². The first-order valence-corrected chi connectivity index (χ1v) is 9.70. The second-order valence-electron chi connectivity index (χ2n) is 6.10. The number of anilines is 2. The molecule has 1 N–H and O–H groups in total. The number of carbonyl (C=O) groups is 2. The van der Waals surface area contributed by atoms with Crippen LogP contribution in [0.4, 0.5) is 11.4 Å². The number of fused-ring (bicyclic) bond motifs is 1. The molecule has 1 aliphatic heterocycles. The molecule has 28 heavy (non-hydrogen) atoms. The van der Waals surface area contributed by atoms with Crippen LogP contribution >= 0.6 is 23.4 Å². The van der Waals surface area contributed by atoms with Crippen LogP contribution < -0.4 is 10.2 Å². The standard InChI is InChI=1S/C18H15ClN6O2S/c1-11(17(27)24-10-16(26)20-14-7-2-3-8-15(14)24)28-18-21-22-23-25(18)13-6-4-5-12(19)9-13/h2-9,11H,10H2,1H3,(H,20,26)/t11-/m1/s1. The average molecular weight is 415 g/mol. The number of carbonyl (C=O) groups excluding carboxylic acids is 2. The lowest BCUT2D eigenvalue weighted by Crippen LogP contribution is -2.45. The molecule has 8 nitrogen and oxygen atoms in total. The van der Waals surface area contributed by atoms with Gasteiger partial charge in [0, 0.05) is 5.02 Å². The summed E-state index contributed by atoms with van der Waals surface area (Å²) in [7, 11) is 0. The molecule has 0 saturated carbocycles. The normalized spacial score (nSPS) is 14.4. The highest BCUT2D eigenvalue weighted by atomic mass is 35.5. The average Bonchev–Trinajstić information content (AvgIpc) is 3.14. The Morgan fingerprint density at radius 3 is 2.89 bits per heavy atom. The molecule has 142 valence electrons. The fraction of sp³-hybridized carbons (Fsp3) is 0.167. The fourth-order valence-corrected chi connectivity index (χ4v) is 3.93. The Kier molecular flexibility index (Phi) is 5.01. The van der Waals surface area contributed by atoms with Gasteiger partial charge in [0.05, 0.1) is 22.3 Å². The minimum absolute atomic E-state index is 0.0278. The first-order valence-electron chi connectivity index (χ1n) is 8.44. The predicted octanol–water partition coefficient (Wildman–Crippen LogP) is 2.78. The molecule has 1 aromatic heterocycles. The molecule has 2 heterocycles. The molecule has 0 aliphatic carbocycles. The Balaban J connectivity index is 1.57. The molecule has 0 radical (unpaired) electrons. The van der Waals surface area contributed by atoms with Crippen LogP contribution in [0.3, 0.4) is 0 Å². The SMILES string of the molecule is C[C@@H](Sc1nnnn1-c1cccc(Cl)c1)C(=O)N1CC(=O)Nc2ccccc21. The molecule has 1 aliphatic rings. The Bertz CT molecular complexity index is 1060. The van der Waals surface area contributed by atoms with Crippen LogP contribution in [0, 0.1) is 0 Å². The summed E-state index contributed by atoms with van der Waals surface area (Å²) >= 11 is 7.26. The minimum Gasteiger partial charge on any atom is -0.323 e. The number of thioether (sulfide) groups is 1. The monoisotopic (exact) mass is 414 g/mol. The lowest BCUT2D eigenvalue weighted by molar-refractivity contribution is -0.121. The summed E-state index contributed by atoms with van der Waals surface area (Å²) in [6, 6.07) is 14.3. The Morgan fingerprint density at radius 2 is 2.07 bits per heavy atom. The molecule has 0 fully saturated rings. The van der Waals surface area contributed by atoms with Crippen molar-refractivity contribution < 1.29 is 9.59 Å². The van der Waals surface area contributed by atoms with E-state index in [4.69, 9.17) is 11.6 Å². The van der Waals surface area contributed by atoms with E-state index in [1.54, 1.807) is 37.3 Å². The van der Waals surface area contributed by atoms with Crippen LogP contribution in [0.1, 0.15) is 6.92 Å². The Hall–Kier alpha value is -2.91. The maximum absolute atomic E-state index is 13.1. The van der Waals surface area contributed by atoms with Crippen molar-refractivity contribution in [2.24, 2.45) is 0 Å². The van der Waals surface area contributed by atoms with E-state index in [0.717, 1.165) is 0 Å². The third-order valence-electron chi connectivity index (χ3n) is 4.16. The second kappa shape index (κ2) is 7.61. The van der Waals surface area contributed by atoms with Gasteiger partial charge >= 0.3 is 0 Å². The highest BCUT2D eigenvalue weighted by Crippen LogP contribution is 2.32. The van der Waals surface area contributed by atoms with E-state index in [1.165, 1.54) is 21.3 Å². The zero-order valence-corrected chi connectivity index (χ0v) is 16.3. The van der Waals surface area contributed by atoms with Gasteiger partial charge in [0.1, 0.15) is 6.54 Å². The molecule has 1 atom stereocenters. The molecule has 0 unspecified atom stereocenters. The summed E-state index contributed by atoms with van der Waals surface area (Å²) in [5.41, 5.74) is 1.99. The van der Waals surface area contributed by atoms with Crippen LogP contribution in [0.15, 0.2) is 53.7 Å². The van der Waals surface area contributed by atoms with Crippen molar-refractivity contribution in [2.45, 2.75) is 17.3 Å². The van der Waals surface area contributed by atoms with Crippen LogP contribution in [0.25, 0.3) is 5.69 Å². The number of nitrogens with one attached hydrogen (secondary N) is 1. The van der Waals surface area contributed by atoms with Gasteiger partial charge in [-0.3, -0.25) is 14.5 Å². The molecular weight excluding hydrogens is 400 g/mol. The Labute approximate surface area is 169 Å². The lowest BCUT2D eigenvalue weighted by atomic mass is 10.2. The summed E-state index contributed by atoms with van der Waals surface area (Å²) in [6.07, 6.45) is 0. The van der Waals surface area contributed by atoms with Gasteiger partial charge < -0.3 is 5.32 Å². The quantitative estimate of drug-likeness (QED) is 0.660. The number of nitrogens with zero attached hydrogens (tertiary/aromatic N) is 5. The summed E-state index contributed by atoms with van der Waals surface area (Å²) < 4.78 is 1.52. The molecular formula is C18H15ClN6O2S. The zero-order valence-electron chi connectivity index (χ0n) is 14.7. The van der Waals surface area contributed by atoms with Crippen molar-refractivity contribution in [1.29, 1.82) is 0 Å². The highest BCUT2D eigenvalue weighted by Gasteiger charge is 2.31. The summed E-state index contributed by atoms with van der Waals surface area (Å²) in [5.74, 6) is -0.430. The van der Waals surface area contributed by atoms with Crippen molar-refractivity contribution in [3.05, 3.63) is 53.6 Å². The van der Waals surface area contributed by atoms with E-state index < -0.39 is 5.25 Å². The van der Waals surface area contributed by atoms with Crippen LogP contribution in [0.2, 0.25) is 5.02 Å². The highest BCUT2D eigenvalue weighted by molar-refractivity contribution is 8.00. The number of aromatic nitrogens is 4. The van der Waals surface area contributed by atoms with Gasteiger partial charge in [-0.15, -0.1) is 5.10 Å². The van der Waals surface area contributed by atoms with Gasteiger partial charge in [-0.25, -0.2) is 0 Å². The van der Waals surface area contributed by atoms with E-state index in [1.807, 2.05) is 18.2 Å². The fourth-order valence-electron chi connectivity index (χ4n) is 2.88. The molecule has 0 saturated heterocycles. The first-order chi connectivity index (χ1) is 13.5. The van der Waals surface area contributed by atoms with E-state index in [9.17, 15) is 9.59 Å². The molecule has 10 heteroatoms. The summed E-state index contributed by atoms with van der Waals surface area (Å²) in [5, 5.41) is 15.0. The smallest absolute Gasteiger partial charge is 0.244 e. The number of tetrazole rings is 1. The van der Waals surface area contributed by atoms with Gasteiger partial charge in [-0.2, -0.15) is 4.68 Å². The molecule has 4 rings (SSSR count). The predicted molar refractivity (Wildman–Crippen MR) is 107 cm³/mol. The van der Waals surface area contributed by atoms with Gasteiger partial charge in [-0.05, 0) is 47.7 Å². The third kappa shape index (κ3) is 3.58. The number of hydrogen-bond acceptors (Lipinski definition) is 6. The van der Waals surface area contributed by atoms with Gasteiger partial charge in [-0.1, -0.05) is 41.6 Å². The summed E-state index contributed by atoms with van der Waals surface area (Å²) in [6.45, 7) is 1.74. The maximum atomic E-state index is 13.1. The minimum atomic E-state index is -0.511. The molecule has 0 bridgehead atoms. The Morgan fingerprint density at radius 1 is 1.25 bits per heavy atom. The lowest BCUT2D eigenvalue weighted by Gasteiger charge is -2.30. The topological polar surface area (TPSA) is 93.0 Å². The third-order valence-corrected chi connectivity index (χ3v) is 5.42. The number of rotatable bonds is 4. The molecule has 0 spiro atoms. The number of para-hydroxylation sites is 2. The number of benzene rings is 2. The van der Waals surface area contributed by atoms with Gasteiger partial charge in [0.25, 0.3) is 0 Å². The number of halogens is 1. The van der Waals surface area contributed by atoms with E-state index >= 15 is 0 Å². The molecule has 3 aromatic rings. The van der Waals surface area contributed by atoms with Gasteiger partial charge in [0.15, 0.2) is 0 Å². The molecule has 2 amide bonds. The van der Waals surface area contributed by atoms with E-state index in [-0.39, 0.29) is 18.4 Å². The van der Waals surface area contributed by atoms with Crippen molar-refractivity contribution in [2.75, 3.05) is 16.8 Å². The first kappa shape index (κ1) is 18.5. The molecule has 2 aromatic carbocycles. The van der Waals surface area contributed by atoms with Crippen molar-refractivity contribution in [1.82, 2.24) is 20.2 Å². The maximum Gasteiger partial charge on any atom is 0.244 e. The van der Waals surface area contributed by atoms with E-state index in [0.29, 0.717) is 27.2 Å². The summed E-state index contributed by atoms with van der Waals surface area (Å²) in [4.78, 5) is 26.5. The number of amides is 2. The van der Waals surface area contributed by atoms with Crippen LogP contribution in [-0.4, -0.2) is 43.8 Å². The van der Waals surface area contributed by atoms with Crippen LogP contribution in [-0.2, 0) is 9.59 Å². The second-order valence-corrected chi connectivity index (χ2v) is 7.85. The van der Waals surface area contributed by atoms with Crippen LogP contribution in [0.5, 0.6) is 0 Å². The van der Waals surface area contributed by atoms with Crippen molar-refractivity contribution >= 4 is 46.6 Å². The number of hydrogen-bond donors (Lipinski definition) is 1. The van der Waals surface area contributed by atoms with Gasteiger partial charge in [0.2, 0.25) is 17.0 Å². The zero-order chi connectivity index (χ0) is 19.7. The largest absolute Gasteiger partial charge is 0.323 e. The van der Waals surface area contributed by atoms with Crippen molar-refractivity contribution in [3.8, 4) is 5.69 Å².